The molecule has 0 amide bonds. The number of aliphatic hydroxyl groups is 1. The first-order chi connectivity index (χ1) is 15.0. The van der Waals surface area contributed by atoms with Crippen LogP contribution in [0.3, 0.4) is 0 Å². The summed E-state index contributed by atoms with van der Waals surface area (Å²) in [4.78, 5) is 34.1. The van der Waals surface area contributed by atoms with E-state index in [1.807, 2.05) is 0 Å². The van der Waals surface area contributed by atoms with Gasteiger partial charge < -0.3 is 26.0 Å². The molecule has 0 saturated carbocycles. The minimum Gasteiger partial charge on any atom is -0.462 e. The number of imidazole rings is 1. The van der Waals surface area contributed by atoms with E-state index in [2.05, 4.69) is 15.0 Å². The Morgan fingerprint density at radius 3 is 3.04 bits per heavy atom. The third kappa shape index (κ3) is 4.53. The van der Waals surface area contributed by atoms with Crippen molar-refractivity contribution in [2.24, 2.45) is 11.6 Å². The first-order valence-corrected chi connectivity index (χ1v) is 6.86. The first-order valence-electron chi connectivity index (χ1n) is 10.9. The number of carbonyl (C=O) groups is 1. The van der Waals surface area contributed by atoms with E-state index >= 15 is 0 Å². The number of ether oxygens (including phenoxy) is 2. The van der Waals surface area contributed by atoms with Gasteiger partial charge in [-0.05, 0) is 5.89 Å². The highest BCUT2D eigenvalue weighted by atomic mass is 16.6. The van der Waals surface area contributed by atoms with Gasteiger partial charge in [0.15, 0.2) is 11.2 Å². The van der Waals surface area contributed by atoms with Gasteiger partial charge in [-0.25, -0.2) is 4.98 Å². The quantitative estimate of drug-likeness (QED) is 0.410. The van der Waals surface area contributed by atoms with Gasteiger partial charge in [0.05, 0.1) is 14.3 Å². The Hall–Kier alpha value is -2.50. The van der Waals surface area contributed by atoms with Crippen LogP contribution in [0, 0.1) is 5.89 Å². The van der Waals surface area contributed by atoms with Crippen molar-refractivity contribution in [2.75, 3.05) is 18.9 Å². The highest BCUT2D eigenvalue weighted by molar-refractivity contribution is 5.75. The fraction of sp³-hybridized carbons (Fsp3) is 0.571. The highest BCUT2D eigenvalue weighted by Gasteiger charge is 2.21. The Bertz CT molecular complexity index is 1050. The van der Waals surface area contributed by atoms with Crippen LogP contribution >= 0.6 is 0 Å². The van der Waals surface area contributed by atoms with Crippen LogP contribution in [0.2, 0.25) is 0 Å². The second kappa shape index (κ2) is 8.05. The molecular formula is C14H22N6O5. The molecule has 1 unspecified atom stereocenters. The van der Waals surface area contributed by atoms with Crippen molar-refractivity contribution in [1.29, 1.82) is 0 Å². The summed E-state index contributed by atoms with van der Waals surface area (Å²) in [6, 6.07) is -3.52. The number of hydrogen-bond donors (Lipinski definition) is 4. The van der Waals surface area contributed by atoms with Gasteiger partial charge in [-0.1, -0.05) is 13.7 Å². The molecule has 0 aliphatic rings. The lowest BCUT2D eigenvalue weighted by atomic mass is 10.1. The molecule has 0 fully saturated rings. The molecule has 0 spiro atoms. The molecule has 2 atom stereocenters. The highest BCUT2D eigenvalue weighted by Crippen LogP contribution is 2.08. The molecule has 0 aliphatic carbocycles. The topological polar surface area (TPSA) is 171 Å². The first kappa shape index (κ1) is 10.5. The Kier molecular flexibility index (Phi) is 3.38. The number of aromatic nitrogens is 4. The molecular weight excluding hydrogens is 332 g/mol. The van der Waals surface area contributed by atoms with Crippen LogP contribution in [0.4, 0.5) is 5.95 Å². The maximum Gasteiger partial charge on any atom is 0.323 e. The van der Waals surface area contributed by atoms with Crippen molar-refractivity contribution in [3.05, 3.63) is 16.7 Å². The molecule has 2 rings (SSSR count). The number of aromatic amines is 1. The Labute approximate surface area is 154 Å². The summed E-state index contributed by atoms with van der Waals surface area (Å²) in [5.74, 6) is -5.71. The summed E-state index contributed by atoms with van der Waals surface area (Å²) in [5, 5.41) is 9.46. The number of nitrogens with zero attached hydrogens (tertiary/aromatic N) is 3. The molecule has 138 valence electrons. The number of aliphatic hydroxyl groups excluding tert-OH is 1. The molecule has 0 saturated heterocycles. The number of hydrogen-bond acceptors (Lipinski definition) is 9. The summed E-state index contributed by atoms with van der Waals surface area (Å²) in [5.41, 5.74) is 10.3. The number of nitrogens with one attached hydrogen (secondary N) is 1. The molecule has 11 heteroatoms. The maximum atomic E-state index is 12.3. The van der Waals surface area contributed by atoms with Crippen LogP contribution in [-0.2, 0) is 21.0 Å². The average molecular weight is 362 g/mol. The number of anilines is 1. The van der Waals surface area contributed by atoms with Crippen molar-refractivity contribution in [1.82, 2.24) is 19.5 Å². The smallest absolute Gasteiger partial charge is 0.323 e. The third-order valence-electron chi connectivity index (χ3n) is 3.04. The summed E-state index contributed by atoms with van der Waals surface area (Å²) in [6.07, 6.45) is -0.0509. The Balaban J connectivity index is 2.12. The van der Waals surface area contributed by atoms with E-state index in [0.717, 1.165) is 0 Å². The van der Waals surface area contributed by atoms with Crippen LogP contribution in [0.1, 0.15) is 24.7 Å². The lowest BCUT2D eigenvalue weighted by Gasteiger charge is -2.19. The van der Waals surface area contributed by atoms with Gasteiger partial charge in [-0.15, -0.1) is 0 Å². The zero-order valence-corrected chi connectivity index (χ0v) is 12.9. The van der Waals surface area contributed by atoms with Crippen molar-refractivity contribution >= 4 is 23.1 Å². The molecule has 0 aromatic carbocycles. The van der Waals surface area contributed by atoms with Crippen molar-refractivity contribution < 1.29 is 30.3 Å². The number of nitrogens with two attached hydrogens (primary N) is 2. The molecule has 25 heavy (non-hydrogen) atoms. The number of nitrogen functional groups attached to an aromatic ring is 1. The molecule has 0 bridgehead atoms. The standard InChI is InChI=1S/C14H22N6O5/c1-7(2)9(15)13(23)24-4-8(3-21)25-6-20-5-17-10-11(20)18-14(16)19-12(10)22/h5,7-9,21H,3-4,6,15H2,1-2H3,(H3,16,18,19,22)/t8?,9-/m0/s1/i1D3,2D3,7D,9D. The SMILES string of the molecule is [2H]C([2H])([2H])C([2H])(C([2H])([2H])[2H])[C@]([2H])(N)C(=O)OCC(CO)OCn1cnc2c(=O)[nH]c(N)nc21. The predicted octanol–water partition coefficient (Wildman–Crippen LogP) is -1.44. The Morgan fingerprint density at radius 2 is 2.36 bits per heavy atom. The average Bonchev–Trinajstić information content (AvgIpc) is 3.08. The van der Waals surface area contributed by atoms with Crippen molar-refractivity contribution in [3.8, 4) is 0 Å². The summed E-state index contributed by atoms with van der Waals surface area (Å²) in [6.45, 7) is -9.13. The monoisotopic (exact) mass is 362 g/mol. The molecule has 6 N–H and O–H groups in total. The van der Waals surface area contributed by atoms with Gasteiger partial charge in [-0.2, -0.15) is 4.98 Å². The van der Waals surface area contributed by atoms with Crippen LogP contribution in [0.15, 0.2) is 11.1 Å². The van der Waals surface area contributed by atoms with Crippen LogP contribution < -0.4 is 17.0 Å². The zero-order valence-electron chi connectivity index (χ0n) is 20.9. The number of H-pyrrole nitrogens is 1. The van der Waals surface area contributed by atoms with Crippen molar-refractivity contribution in [3.63, 3.8) is 0 Å². The van der Waals surface area contributed by atoms with Gasteiger partial charge in [0, 0.05) is 9.60 Å². The normalized spacial score (nSPS) is 21.4. The van der Waals surface area contributed by atoms with E-state index in [1.54, 1.807) is 0 Å². The Morgan fingerprint density at radius 1 is 1.60 bits per heavy atom. The van der Waals surface area contributed by atoms with Crippen molar-refractivity contribution in [2.45, 2.75) is 32.6 Å². The number of esters is 1. The van der Waals surface area contributed by atoms with E-state index in [1.165, 1.54) is 10.9 Å². The second-order valence-corrected chi connectivity index (χ2v) is 4.83. The van der Waals surface area contributed by atoms with E-state index in [0.29, 0.717) is 0 Å². The molecule has 2 aromatic heterocycles. The van der Waals surface area contributed by atoms with E-state index < -0.39 is 56.5 Å². The summed E-state index contributed by atoms with van der Waals surface area (Å²) in [7, 11) is 0. The molecule has 11 nitrogen and oxygen atoms in total. The lowest BCUT2D eigenvalue weighted by Crippen LogP contribution is -2.39. The molecule has 2 aromatic rings. The zero-order chi connectivity index (χ0) is 25.4. The minimum atomic E-state index is -3.71. The predicted molar refractivity (Wildman–Crippen MR) is 88.3 cm³/mol. The van der Waals surface area contributed by atoms with Gasteiger partial charge in [-0.3, -0.25) is 19.1 Å². The number of rotatable bonds is 8. The van der Waals surface area contributed by atoms with Crippen LogP contribution in [0.25, 0.3) is 11.2 Å². The minimum absolute atomic E-state index is 0.0389. The molecule has 0 aliphatic heterocycles. The fourth-order valence-electron chi connectivity index (χ4n) is 1.75. The van der Waals surface area contributed by atoms with Gasteiger partial charge >= 0.3 is 5.97 Å². The fourth-order valence-corrected chi connectivity index (χ4v) is 1.75. The number of fused-ring (bicyclic) bond motifs is 1. The van der Waals surface area contributed by atoms with Gasteiger partial charge in [0.25, 0.3) is 5.56 Å². The lowest BCUT2D eigenvalue weighted by molar-refractivity contribution is -0.153. The molecule has 2 heterocycles. The van der Waals surface area contributed by atoms with E-state index in [-0.39, 0.29) is 23.8 Å². The van der Waals surface area contributed by atoms with Gasteiger partial charge in [0.2, 0.25) is 5.95 Å². The van der Waals surface area contributed by atoms with Crippen LogP contribution in [0.5, 0.6) is 0 Å². The van der Waals surface area contributed by atoms with Crippen LogP contribution in [-0.4, -0.2) is 55.9 Å². The van der Waals surface area contributed by atoms with E-state index in [9.17, 15) is 14.7 Å². The largest absolute Gasteiger partial charge is 0.462 e. The third-order valence-corrected chi connectivity index (χ3v) is 3.04. The van der Waals surface area contributed by atoms with E-state index in [4.69, 9.17) is 31.9 Å². The second-order valence-electron chi connectivity index (χ2n) is 4.83. The van der Waals surface area contributed by atoms with Gasteiger partial charge in [0.1, 0.15) is 25.5 Å². The summed E-state index contributed by atoms with van der Waals surface area (Å²) >= 11 is 0. The maximum absolute atomic E-state index is 12.3. The number of carbonyl (C=O) groups excluding carboxylic acids is 1. The summed E-state index contributed by atoms with van der Waals surface area (Å²) < 4.78 is 71.2. The molecule has 0 radical (unpaired) electrons.